The number of epoxide rings is 2. The van der Waals surface area contributed by atoms with E-state index in [1.54, 1.807) is 0 Å². The summed E-state index contributed by atoms with van der Waals surface area (Å²) in [5, 5.41) is 0. The van der Waals surface area contributed by atoms with Crippen molar-refractivity contribution in [1.82, 2.24) is 0 Å². The van der Waals surface area contributed by atoms with Crippen LogP contribution in [-0.4, -0.2) is 32.5 Å². The van der Waals surface area contributed by atoms with Crippen molar-refractivity contribution in [3.8, 4) is 0 Å². The Morgan fingerprint density at radius 3 is 2.62 bits per heavy atom. The maximum absolute atomic E-state index is 5.62. The van der Waals surface area contributed by atoms with Gasteiger partial charge in [-0.3, -0.25) is 0 Å². The molecule has 3 nitrogen and oxygen atoms in total. The number of ether oxygens (including phenoxy) is 3. The Hall–Kier alpha value is -0.900. The number of hydrogen-bond acceptors (Lipinski definition) is 3. The third kappa shape index (κ3) is 2.12. The van der Waals surface area contributed by atoms with Crippen LogP contribution in [0.15, 0.2) is 24.3 Å². The zero-order valence-corrected chi connectivity index (χ0v) is 9.44. The van der Waals surface area contributed by atoms with Crippen LogP contribution < -0.4 is 0 Å². The van der Waals surface area contributed by atoms with Gasteiger partial charge in [-0.2, -0.15) is 0 Å². The average Bonchev–Trinajstić information content (AvgIpc) is 3.14. The van der Waals surface area contributed by atoms with E-state index < -0.39 is 0 Å². The molecule has 0 aromatic heterocycles. The molecule has 0 spiro atoms. The second-order valence-electron chi connectivity index (χ2n) is 4.62. The summed E-state index contributed by atoms with van der Waals surface area (Å²) in [6, 6.07) is 8.48. The fraction of sp³-hybridized carbons (Fsp3) is 0.538. The summed E-state index contributed by atoms with van der Waals surface area (Å²) < 4.78 is 16.3. The van der Waals surface area contributed by atoms with E-state index >= 15 is 0 Å². The number of aryl methyl sites for hydroxylation is 1. The zero-order valence-electron chi connectivity index (χ0n) is 9.44. The van der Waals surface area contributed by atoms with Gasteiger partial charge in [0.25, 0.3) is 0 Å². The summed E-state index contributed by atoms with van der Waals surface area (Å²) in [5.41, 5.74) is 2.31. The topological polar surface area (TPSA) is 34.3 Å². The van der Waals surface area contributed by atoms with E-state index in [9.17, 15) is 0 Å². The third-order valence-electron chi connectivity index (χ3n) is 3.11. The quantitative estimate of drug-likeness (QED) is 0.707. The molecule has 1 aromatic carbocycles. The Bertz CT molecular complexity index is 363. The van der Waals surface area contributed by atoms with Gasteiger partial charge in [-0.05, 0) is 12.5 Å². The van der Waals surface area contributed by atoms with Crippen molar-refractivity contribution < 1.29 is 14.2 Å². The Kier molecular flexibility index (Phi) is 2.46. The van der Waals surface area contributed by atoms with Crippen LogP contribution >= 0.6 is 0 Å². The van der Waals surface area contributed by atoms with Gasteiger partial charge < -0.3 is 14.2 Å². The molecular weight excluding hydrogens is 204 g/mol. The molecule has 16 heavy (non-hydrogen) atoms. The van der Waals surface area contributed by atoms with Gasteiger partial charge in [0, 0.05) is 0 Å². The standard InChI is InChI=1S/C13H16O3/c1-10-2-4-11(5-3-10)13(9-16-13)8-14-6-12-7-15-12/h2-5,12H,6-9H2,1H3. The minimum Gasteiger partial charge on any atom is -0.375 e. The van der Waals surface area contributed by atoms with Crippen LogP contribution in [-0.2, 0) is 19.8 Å². The first-order valence-electron chi connectivity index (χ1n) is 5.69. The van der Waals surface area contributed by atoms with Crippen LogP contribution in [0.1, 0.15) is 11.1 Å². The molecule has 0 amide bonds. The van der Waals surface area contributed by atoms with Gasteiger partial charge in [-0.15, -0.1) is 0 Å². The van der Waals surface area contributed by atoms with E-state index in [2.05, 4.69) is 31.2 Å². The molecule has 0 saturated carbocycles. The molecule has 2 aliphatic rings. The smallest absolute Gasteiger partial charge is 0.140 e. The van der Waals surface area contributed by atoms with Crippen LogP contribution in [0.3, 0.4) is 0 Å². The molecule has 2 heterocycles. The number of hydrogen-bond donors (Lipinski definition) is 0. The van der Waals surface area contributed by atoms with Gasteiger partial charge in [0.05, 0.1) is 26.4 Å². The van der Waals surface area contributed by atoms with Crippen molar-refractivity contribution in [2.45, 2.75) is 18.6 Å². The molecule has 2 fully saturated rings. The predicted octanol–water partition coefficient (Wildman–Crippen LogP) is 1.64. The van der Waals surface area contributed by atoms with Crippen molar-refractivity contribution in [3.63, 3.8) is 0 Å². The summed E-state index contributed by atoms with van der Waals surface area (Å²) in [5.74, 6) is 0. The molecule has 86 valence electrons. The van der Waals surface area contributed by atoms with Gasteiger partial charge >= 0.3 is 0 Å². The van der Waals surface area contributed by atoms with Gasteiger partial charge in [0.1, 0.15) is 11.7 Å². The van der Waals surface area contributed by atoms with E-state index in [-0.39, 0.29) is 5.60 Å². The van der Waals surface area contributed by atoms with Crippen molar-refractivity contribution in [2.75, 3.05) is 26.4 Å². The maximum Gasteiger partial charge on any atom is 0.140 e. The summed E-state index contributed by atoms with van der Waals surface area (Å²) in [6.07, 6.45) is 0.328. The fourth-order valence-electron chi connectivity index (χ4n) is 1.80. The minimum absolute atomic E-state index is 0.178. The van der Waals surface area contributed by atoms with Crippen molar-refractivity contribution >= 4 is 0 Å². The Labute approximate surface area is 95.3 Å². The summed E-state index contributed by atoms with van der Waals surface area (Å²) in [4.78, 5) is 0. The third-order valence-corrected chi connectivity index (χ3v) is 3.11. The normalized spacial score (nSPS) is 31.4. The van der Waals surface area contributed by atoms with E-state index in [4.69, 9.17) is 14.2 Å². The average molecular weight is 220 g/mol. The molecule has 3 rings (SSSR count). The van der Waals surface area contributed by atoms with Crippen LogP contribution in [0.2, 0.25) is 0 Å². The van der Waals surface area contributed by atoms with Gasteiger partial charge in [0.2, 0.25) is 0 Å². The SMILES string of the molecule is Cc1ccc(C2(COCC3CO3)CO2)cc1. The monoisotopic (exact) mass is 220 g/mol. The molecular formula is C13H16O3. The van der Waals surface area contributed by atoms with Crippen LogP contribution in [0.4, 0.5) is 0 Å². The van der Waals surface area contributed by atoms with E-state index in [0.29, 0.717) is 19.3 Å². The Morgan fingerprint density at radius 2 is 2.06 bits per heavy atom. The van der Waals surface area contributed by atoms with Crippen molar-refractivity contribution in [1.29, 1.82) is 0 Å². The number of rotatable bonds is 5. The summed E-state index contributed by atoms with van der Waals surface area (Å²) in [7, 11) is 0. The molecule has 3 heteroatoms. The zero-order chi connectivity index (χ0) is 11.0. The Morgan fingerprint density at radius 1 is 1.38 bits per heavy atom. The minimum atomic E-state index is -0.178. The first kappa shape index (κ1) is 10.3. The van der Waals surface area contributed by atoms with Crippen LogP contribution in [0, 0.1) is 6.92 Å². The highest BCUT2D eigenvalue weighted by molar-refractivity contribution is 5.29. The summed E-state index contributed by atoms with van der Waals surface area (Å²) >= 11 is 0. The van der Waals surface area contributed by atoms with Gasteiger partial charge in [-0.1, -0.05) is 29.8 Å². The molecule has 0 N–H and O–H groups in total. The summed E-state index contributed by atoms with van der Waals surface area (Å²) in [6.45, 7) is 5.03. The lowest BCUT2D eigenvalue weighted by Crippen LogP contribution is -2.19. The fourth-order valence-corrected chi connectivity index (χ4v) is 1.80. The van der Waals surface area contributed by atoms with Crippen LogP contribution in [0.5, 0.6) is 0 Å². The molecule has 0 radical (unpaired) electrons. The van der Waals surface area contributed by atoms with Gasteiger partial charge in [-0.25, -0.2) is 0 Å². The lowest BCUT2D eigenvalue weighted by atomic mass is 10.00. The van der Waals surface area contributed by atoms with E-state index in [1.165, 1.54) is 11.1 Å². The second-order valence-corrected chi connectivity index (χ2v) is 4.62. The predicted molar refractivity (Wildman–Crippen MR) is 59.4 cm³/mol. The maximum atomic E-state index is 5.62. The van der Waals surface area contributed by atoms with Gasteiger partial charge in [0.15, 0.2) is 0 Å². The molecule has 2 saturated heterocycles. The molecule has 2 atom stereocenters. The highest BCUT2D eigenvalue weighted by Crippen LogP contribution is 2.39. The highest BCUT2D eigenvalue weighted by Gasteiger charge is 2.47. The first-order chi connectivity index (χ1) is 7.78. The molecule has 0 aliphatic carbocycles. The van der Waals surface area contributed by atoms with Crippen molar-refractivity contribution in [3.05, 3.63) is 35.4 Å². The molecule has 1 aromatic rings. The molecule has 0 bridgehead atoms. The Balaban J connectivity index is 1.60. The second kappa shape index (κ2) is 3.84. The van der Waals surface area contributed by atoms with Crippen molar-refractivity contribution in [2.24, 2.45) is 0 Å². The first-order valence-corrected chi connectivity index (χ1v) is 5.69. The van der Waals surface area contributed by atoms with E-state index in [0.717, 1.165) is 13.2 Å². The highest BCUT2D eigenvalue weighted by atomic mass is 16.6. The molecule has 2 unspecified atom stereocenters. The lowest BCUT2D eigenvalue weighted by molar-refractivity contribution is 0.0671. The van der Waals surface area contributed by atoms with E-state index in [1.807, 2.05) is 0 Å². The van der Waals surface area contributed by atoms with Crippen LogP contribution in [0.25, 0.3) is 0 Å². The largest absolute Gasteiger partial charge is 0.375 e. The molecule has 2 aliphatic heterocycles. The lowest BCUT2D eigenvalue weighted by Gasteiger charge is -2.12. The number of benzene rings is 1.